The largest absolute Gasteiger partial charge is 0.356 e. The molecule has 5 rings (SSSR count). The zero-order valence-corrected chi connectivity index (χ0v) is 21.6. The van der Waals surface area contributed by atoms with Crippen LogP contribution in [0.25, 0.3) is 5.65 Å². The lowest BCUT2D eigenvalue weighted by Crippen LogP contribution is -2.56. The molecule has 7 nitrogen and oxygen atoms in total. The van der Waals surface area contributed by atoms with E-state index >= 15 is 0 Å². The Morgan fingerprint density at radius 1 is 1.06 bits per heavy atom. The van der Waals surface area contributed by atoms with Crippen molar-refractivity contribution in [2.45, 2.75) is 38.3 Å². The minimum atomic E-state index is 0. The van der Waals surface area contributed by atoms with Crippen molar-refractivity contribution in [2.75, 3.05) is 33.2 Å². The Labute approximate surface area is 213 Å². The number of piperidine rings is 2. The molecule has 0 aliphatic carbocycles. The smallest absolute Gasteiger partial charge is 0.193 e. The summed E-state index contributed by atoms with van der Waals surface area (Å²) >= 11 is 0. The molecule has 2 aliphatic rings. The number of nitrogens with zero attached hydrogens (tertiary/aromatic N) is 6. The number of halogens is 1. The monoisotopic (exact) mass is 559 g/mol. The van der Waals surface area contributed by atoms with Gasteiger partial charge in [0, 0.05) is 51.9 Å². The van der Waals surface area contributed by atoms with Crippen LogP contribution in [0.1, 0.15) is 30.7 Å². The predicted octanol–water partition coefficient (Wildman–Crippen LogP) is 3.45. The number of pyridine rings is 1. The fourth-order valence-corrected chi connectivity index (χ4v) is 5.39. The molecule has 176 valence electrons. The summed E-state index contributed by atoms with van der Waals surface area (Å²) in [6.07, 6.45) is 6.64. The summed E-state index contributed by atoms with van der Waals surface area (Å²) < 4.78 is 2.05. The van der Waals surface area contributed by atoms with Crippen LogP contribution >= 0.6 is 24.0 Å². The lowest BCUT2D eigenvalue weighted by molar-refractivity contribution is 0.0373. The van der Waals surface area contributed by atoms with Gasteiger partial charge in [0.05, 0.1) is 0 Å². The van der Waals surface area contributed by atoms with Gasteiger partial charge in [-0.3, -0.25) is 14.3 Å². The van der Waals surface area contributed by atoms with Crippen LogP contribution < -0.4 is 5.32 Å². The molecule has 0 radical (unpaired) electrons. The summed E-state index contributed by atoms with van der Waals surface area (Å²) in [5, 5.41) is 12.2. The number of fused-ring (bicyclic) bond motifs is 2. The van der Waals surface area contributed by atoms with Gasteiger partial charge < -0.3 is 10.2 Å². The van der Waals surface area contributed by atoms with E-state index in [0.29, 0.717) is 12.0 Å². The summed E-state index contributed by atoms with van der Waals surface area (Å²) in [4.78, 5) is 9.76. The molecule has 2 saturated heterocycles. The normalized spacial score (nSPS) is 21.5. The third-order valence-electron chi connectivity index (χ3n) is 6.94. The molecule has 8 heteroatoms. The molecule has 0 spiro atoms. The van der Waals surface area contributed by atoms with Crippen molar-refractivity contribution in [3.8, 4) is 0 Å². The van der Waals surface area contributed by atoms with Crippen LogP contribution in [-0.2, 0) is 13.0 Å². The van der Waals surface area contributed by atoms with Gasteiger partial charge in [-0.15, -0.1) is 34.2 Å². The maximum atomic E-state index is 4.59. The van der Waals surface area contributed by atoms with Crippen LogP contribution in [0, 0.1) is 5.92 Å². The van der Waals surface area contributed by atoms with Crippen molar-refractivity contribution < 1.29 is 0 Å². The van der Waals surface area contributed by atoms with Gasteiger partial charge in [0.2, 0.25) is 0 Å². The Bertz CT molecular complexity index is 1050. The van der Waals surface area contributed by atoms with Crippen LogP contribution in [0.5, 0.6) is 0 Å². The second kappa shape index (κ2) is 11.3. The number of aromatic nitrogens is 3. The SMILES string of the molecule is CN=C(NCCc1nnc2ccccn12)N1CCC2C(CCCN2Cc2ccccc2)C1.I. The number of nitrogens with one attached hydrogen (secondary N) is 1. The Morgan fingerprint density at radius 3 is 2.76 bits per heavy atom. The van der Waals surface area contributed by atoms with Crippen LogP contribution in [0.2, 0.25) is 0 Å². The summed E-state index contributed by atoms with van der Waals surface area (Å²) in [6.45, 7) is 5.23. The first-order chi connectivity index (χ1) is 15.8. The Hall–Kier alpha value is -2.20. The van der Waals surface area contributed by atoms with E-state index in [2.05, 4.69) is 65.0 Å². The summed E-state index contributed by atoms with van der Waals surface area (Å²) in [5.41, 5.74) is 2.32. The van der Waals surface area contributed by atoms with E-state index < -0.39 is 0 Å². The number of benzene rings is 1. The number of hydrogen-bond acceptors (Lipinski definition) is 4. The summed E-state index contributed by atoms with van der Waals surface area (Å²) in [6, 6.07) is 17.6. The van der Waals surface area contributed by atoms with Crippen LogP contribution in [-0.4, -0.2) is 69.6 Å². The average molecular weight is 560 g/mol. The van der Waals surface area contributed by atoms with Crippen LogP contribution in [0.4, 0.5) is 0 Å². The molecular formula is C25H34IN7. The highest BCUT2D eigenvalue weighted by atomic mass is 127. The highest BCUT2D eigenvalue weighted by molar-refractivity contribution is 14.0. The third-order valence-corrected chi connectivity index (χ3v) is 6.94. The number of guanidine groups is 1. The number of likely N-dealkylation sites (tertiary alicyclic amines) is 2. The molecule has 2 aromatic heterocycles. The van der Waals surface area contributed by atoms with Gasteiger partial charge in [0.25, 0.3) is 0 Å². The molecule has 33 heavy (non-hydrogen) atoms. The van der Waals surface area contributed by atoms with Crippen molar-refractivity contribution in [1.82, 2.24) is 29.7 Å². The average Bonchev–Trinajstić information content (AvgIpc) is 3.25. The standard InChI is InChI=1S/C25H33N7.HI/c1-26-25(27-14-12-24-29-28-23-11-5-6-16-32(23)24)31-17-13-22-21(19-31)10-7-15-30(22)18-20-8-3-2-4-9-20;/h2-6,8-9,11,16,21-22H,7,10,12-15,17-19H2,1H3,(H,26,27);1H. The Balaban J connectivity index is 0.00000259. The van der Waals surface area contributed by atoms with Crippen molar-refractivity contribution in [2.24, 2.45) is 10.9 Å². The molecular weight excluding hydrogens is 525 g/mol. The Kier molecular flexibility index (Phi) is 8.19. The maximum absolute atomic E-state index is 4.59. The molecule has 0 saturated carbocycles. The van der Waals surface area contributed by atoms with E-state index in [1.54, 1.807) is 0 Å². The molecule has 0 amide bonds. The predicted molar refractivity (Wildman–Crippen MR) is 143 cm³/mol. The highest BCUT2D eigenvalue weighted by Crippen LogP contribution is 2.31. The van der Waals surface area contributed by atoms with E-state index in [1.807, 2.05) is 31.4 Å². The number of aliphatic imine (C=N–C) groups is 1. The first kappa shape index (κ1) is 23.9. The molecule has 3 aromatic rings. The molecule has 4 heterocycles. The molecule has 2 unspecified atom stereocenters. The zero-order chi connectivity index (χ0) is 21.8. The minimum Gasteiger partial charge on any atom is -0.356 e. The molecule has 2 aliphatic heterocycles. The maximum Gasteiger partial charge on any atom is 0.193 e. The van der Waals surface area contributed by atoms with Gasteiger partial charge >= 0.3 is 0 Å². The van der Waals surface area contributed by atoms with Crippen molar-refractivity contribution >= 4 is 35.6 Å². The van der Waals surface area contributed by atoms with Crippen LogP contribution in [0.15, 0.2) is 59.7 Å². The molecule has 1 N–H and O–H groups in total. The van der Waals surface area contributed by atoms with Gasteiger partial charge in [0.1, 0.15) is 5.82 Å². The van der Waals surface area contributed by atoms with Gasteiger partial charge in [0.15, 0.2) is 11.6 Å². The molecule has 2 fully saturated rings. The van der Waals surface area contributed by atoms with Crippen molar-refractivity contribution in [1.29, 1.82) is 0 Å². The van der Waals surface area contributed by atoms with Gasteiger partial charge in [-0.1, -0.05) is 36.4 Å². The molecule has 1 aromatic carbocycles. The number of hydrogen-bond donors (Lipinski definition) is 1. The molecule has 2 atom stereocenters. The lowest BCUT2D eigenvalue weighted by Gasteiger charge is -2.48. The van der Waals surface area contributed by atoms with Gasteiger partial charge in [-0.25, -0.2) is 0 Å². The second-order valence-electron chi connectivity index (χ2n) is 8.93. The zero-order valence-electron chi connectivity index (χ0n) is 19.3. The summed E-state index contributed by atoms with van der Waals surface area (Å²) in [5.74, 6) is 2.70. The quantitative estimate of drug-likeness (QED) is 0.295. The van der Waals surface area contributed by atoms with E-state index in [1.165, 1.54) is 31.4 Å². The Morgan fingerprint density at radius 2 is 1.91 bits per heavy atom. The van der Waals surface area contributed by atoms with Gasteiger partial charge in [-0.05, 0) is 49.4 Å². The summed E-state index contributed by atoms with van der Waals surface area (Å²) in [7, 11) is 1.89. The number of rotatable bonds is 5. The topological polar surface area (TPSA) is 61.1 Å². The van der Waals surface area contributed by atoms with E-state index in [4.69, 9.17) is 0 Å². The fourth-order valence-electron chi connectivity index (χ4n) is 5.39. The fraction of sp³-hybridized carbons (Fsp3) is 0.480. The van der Waals surface area contributed by atoms with Crippen molar-refractivity contribution in [3.05, 3.63) is 66.1 Å². The first-order valence-electron chi connectivity index (χ1n) is 11.8. The van der Waals surface area contributed by atoms with E-state index in [9.17, 15) is 0 Å². The lowest BCUT2D eigenvalue weighted by atomic mass is 9.83. The van der Waals surface area contributed by atoms with E-state index in [-0.39, 0.29) is 24.0 Å². The third kappa shape index (κ3) is 5.48. The molecule has 0 bridgehead atoms. The second-order valence-corrected chi connectivity index (χ2v) is 8.93. The van der Waals surface area contributed by atoms with Crippen LogP contribution in [0.3, 0.4) is 0 Å². The highest BCUT2D eigenvalue weighted by Gasteiger charge is 2.36. The first-order valence-corrected chi connectivity index (χ1v) is 11.8. The van der Waals surface area contributed by atoms with Gasteiger partial charge in [-0.2, -0.15) is 0 Å². The minimum absolute atomic E-state index is 0. The van der Waals surface area contributed by atoms with E-state index in [0.717, 1.165) is 50.0 Å². The van der Waals surface area contributed by atoms with Crippen molar-refractivity contribution in [3.63, 3.8) is 0 Å².